The van der Waals surface area contributed by atoms with Gasteiger partial charge in [-0.05, 0) is 43.5 Å². The van der Waals surface area contributed by atoms with E-state index in [9.17, 15) is 9.59 Å². The lowest BCUT2D eigenvalue weighted by atomic mass is 10.1. The molecule has 0 aliphatic carbocycles. The van der Waals surface area contributed by atoms with Crippen molar-refractivity contribution in [1.29, 1.82) is 0 Å². The van der Waals surface area contributed by atoms with Crippen molar-refractivity contribution in [2.75, 3.05) is 27.4 Å². The lowest BCUT2D eigenvalue weighted by Crippen LogP contribution is -2.05. The first-order valence-electron chi connectivity index (χ1n) is 11.4. The zero-order valence-electron chi connectivity index (χ0n) is 19.8. The zero-order valence-corrected chi connectivity index (χ0v) is 19.8. The molecule has 0 atom stereocenters. The lowest BCUT2D eigenvalue weighted by Gasteiger charge is -2.07. The molecule has 0 bridgehead atoms. The number of esters is 2. The Morgan fingerprint density at radius 2 is 1.34 bits per heavy atom. The van der Waals surface area contributed by atoms with Gasteiger partial charge >= 0.3 is 11.9 Å². The van der Waals surface area contributed by atoms with E-state index in [0.717, 1.165) is 44.1 Å². The van der Waals surface area contributed by atoms with Crippen LogP contribution < -0.4 is 9.47 Å². The molecule has 0 heterocycles. The van der Waals surface area contributed by atoms with Crippen molar-refractivity contribution in [1.82, 2.24) is 0 Å². The van der Waals surface area contributed by atoms with Crippen LogP contribution in [0.25, 0.3) is 6.08 Å². The molecule has 0 radical (unpaired) electrons. The van der Waals surface area contributed by atoms with E-state index in [1.165, 1.54) is 25.3 Å². The summed E-state index contributed by atoms with van der Waals surface area (Å²) in [5.74, 6) is 0.624. The van der Waals surface area contributed by atoms with E-state index >= 15 is 0 Å². The summed E-state index contributed by atoms with van der Waals surface area (Å²) in [6, 6.07) is 5.45. The Morgan fingerprint density at radius 3 is 1.88 bits per heavy atom. The van der Waals surface area contributed by atoms with Crippen LogP contribution in [-0.4, -0.2) is 39.4 Å². The summed E-state index contributed by atoms with van der Waals surface area (Å²) in [5, 5.41) is 0. The summed E-state index contributed by atoms with van der Waals surface area (Å²) in [6.07, 6.45) is 13.0. The quantitative estimate of drug-likeness (QED) is 0.169. The van der Waals surface area contributed by atoms with Gasteiger partial charge in [0.05, 0.1) is 27.4 Å². The molecule has 32 heavy (non-hydrogen) atoms. The van der Waals surface area contributed by atoms with Gasteiger partial charge in [0.25, 0.3) is 0 Å². The Labute approximate surface area is 192 Å². The third-order valence-electron chi connectivity index (χ3n) is 4.93. The van der Waals surface area contributed by atoms with Crippen LogP contribution in [0, 0.1) is 0 Å². The van der Waals surface area contributed by atoms with E-state index in [1.807, 2.05) is 6.07 Å². The van der Waals surface area contributed by atoms with Gasteiger partial charge in [0, 0.05) is 11.6 Å². The predicted molar refractivity (Wildman–Crippen MR) is 127 cm³/mol. The van der Waals surface area contributed by atoms with Crippen molar-refractivity contribution in [2.45, 2.75) is 64.7 Å². The molecule has 178 valence electrons. The van der Waals surface area contributed by atoms with Crippen molar-refractivity contribution in [3.63, 3.8) is 0 Å². The molecule has 0 spiro atoms. The van der Waals surface area contributed by atoms with Crippen LogP contribution in [0.4, 0.5) is 0 Å². The smallest absolute Gasteiger partial charge is 0.333 e. The second-order valence-corrected chi connectivity index (χ2v) is 7.71. The molecule has 0 fully saturated rings. The summed E-state index contributed by atoms with van der Waals surface area (Å²) in [4.78, 5) is 23.1. The number of hydrogen-bond donors (Lipinski definition) is 0. The van der Waals surface area contributed by atoms with Crippen LogP contribution in [0.15, 0.2) is 36.4 Å². The highest BCUT2D eigenvalue weighted by Crippen LogP contribution is 2.27. The molecule has 1 rings (SSSR count). The number of carbonyl (C=O) groups excluding carboxylic acids is 2. The number of ether oxygens (including phenoxy) is 4. The van der Waals surface area contributed by atoms with Gasteiger partial charge in [-0.15, -0.1) is 0 Å². The van der Waals surface area contributed by atoms with Crippen LogP contribution in [0.1, 0.15) is 70.3 Å². The van der Waals surface area contributed by atoms with Gasteiger partial charge < -0.3 is 18.9 Å². The normalized spacial score (nSPS) is 10.7. The molecule has 0 saturated heterocycles. The SMILES string of the molecule is C=C(C)C(=O)OCCCCCCCCCCCOC(=O)C=Cc1ccc(OC)c(OC)c1. The molecule has 0 amide bonds. The maximum Gasteiger partial charge on any atom is 0.333 e. The van der Waals surface area contributed by atoms with Crippen LogP contribution in [0.5, 0.6) is 11.5 Å². The Kier molecular flexibility index (Phi) is 14.4. The molecule has 1 aromatic rings. The fourth-order valence-corrected chi connectivity index (χ4v) is 3.07. The molecule has 0 N–H and O–H groups in total. The van der Waals surface area contributed by atoms with Gasteiger partial charge in [-0.1, -0.05) is 57.6 Å². The van der Waals surface area contributed by atoms with E-state index < -0.39 is 0 Å². The number of unbranched alkanes of at least 4 members (excludes halogenated alkanes) is 8. The van der Waals surface area contributed by atoms with E-state index in [-0.39, 0.29) is 11.9 Å². The van der Waals surface area contributed by atoms with E-state index in [1.54, 1.807) is 39.4 Å². The minimum Gasteiger partial charge on any atom is -0.493 e. The third kappa shape index (κ3) is 12.2. The average molecular weight is 447 g/mol. The van der Waals surface area contributed by atoms with Crippen molar-refractivity contribution in [3.05, 3.63) is 42.0 Å². The molecule has 1 aromatic carbocycles. The standard InChI is InChI=1S/C26H38O6/c1-21(2)26(28)32-19-13-11-9-7-5-6-8-10-12-18-31-25(27)17-15-22-14-16-23(29-3)24(20-22)30-4/h14-17,20H,1,5-13,18-19H2,2-4H3. The molecule has 0 aliphatic heterocycles. The molecule has 6 heteroatoms. The van der Waals surface area contributed by atoms with Crippen molar-refractivity contribution in [2.24, 2.45) is 0 Å². The van der Waals surface area contributed by atoms with Gasteiger partial charge in [0.15, 0.2) is 11.5 Å². The number of benzene rings is 1. The number of carbonyl (C=O) groups is 2. The van der Waals surface area contributed by atoms with Crippen molar-refractivity contribution < 1.29 is 28.5 Å². The highest BCUT2D eigenvalue weighted by atomic mass is 16.5. The fourth-order valence-electron chi connectivity index (χ4n) is 3.07. The second kappa shape index (κ2) is 16.9. The fraction of sp³-hybridized carbons (Fsp3) is 0.538. The minimum absolute atomic E-state index is 0.301. The molecule has 6 nitrogen and oxygen atoms in total. The molecule has 0 unspecified atom stereocenters. The summed E-state index contributed by atoms with van der Waals surface area (Å²) >= 11 is 0. The topological polar surface area (TPSA) is 71.1 Å². The van der Waals surface area contributed by atoms with Crippen LogP contribution >= 0.6 is 0 Å². The minimum atomic E-state index is -0.339. The monoisotopic (exact) mass is 446 g/mol. The highest BCUT2D eigenvalue weighted by Gasteiger charge is 2.04. The van der Waals surface area contributed by atoms with Crippen molar-refractivity contribution in [3.8, 4) is 11.5 Å². The predicted octanol–water partition coefficient (Wildman–Crippen LogP) is 5.89. The van der Waals surface area contributed by atoms with Gasteiger partial charge in [-0.2, -0.15) is 0 Å². The first kappa shape index (κ1) is 27.3. The summed E-state index contributed by atoms with van der Waals surface area (Å²) < 4.78 is 20.8. The maximum absolute atomic E-state index is 11.8. The average Bonchev–Trinajstić information content (AvgIpc) is 2.80. The first-order chi connectivity index (χ1) is 15.5. The Balaban J connectivity index is 2.00. The lowest BCUT2D eigenvalue weighted by molar-refractivity contribution is -0.139. The van der Waals surface area contributed by atoms with E-state index in [2.05, 4.69) is 6.58 Å². The van der Waals surface area contributed by atoms with Gasteiger partial charge in [-0.3, -0.25) is 0 Å². The Hall–Kier alpha value is -2.76. The highest BCUT2D eigenvalue weighted by molar-refractivity contribution is 5.87. The van der Waals surface area contributed by atoms with Gasteiger partial charge in [0.2, 0.25) is 0 Å². The van der Waals surface area contributed by atoms with Crippen LogP contribution in [0.2, 0.25) is 0 Å². The molecular formula is C26H38O6. The number of rotatable bonds is 17. The Morgan fingerprint density at radius 1 is 0.812 bits per heavy atom. The molecular weight excluding hydrogens is 408 g/mol. The van der Waals surface area contributed by atoms with Gasteiger partial charge in [-0.25, -0.2) is 9.59 Å². The van der Waals surface area contributed by atoms with Crippen LogP contribution in [-0.2, 0) is 19.1 Å². The summed E-state index contributed by atoms with van der Waals surface area (Å²) in [6.45, 7) is 6.14. The van der Waals surface area contributed by atoms with Crippen LogP contribution in [0.3, 0.4) is 0 Å². The molecule has 0 saturated carbocycles. The third-order valence-corrected chi connectivity index (χ3v) is 4.93. The van der Waals surface area contributed by atoms with E-state index in [4.69, 9.17) is 18.9 Å². The maximum atomic E-state index is 11.8. The zero-order chi connectivity index (χ0) is 23.6. The number of hydrogen-bond acceptors (Lipinski definition) is 6. The van der Waals surface area contributed by atoms with Crippen molar-refractivity contribution >= 4 is 18.0 Å². The molecule has 0 aromatic heterocycles. The summed E-state index contributed by atoms with van der Waals surface area (Å²) in [7, 11) is 3.16. The number of methoxy groups -OCH3 is 2. The Bertz CT molecular complexity index is 738. The first-order valence-corrected chi connectivity index (χ1v) is 11.4. The van der Waals surface area contributed by atoms with Gasteiger partial charge in [0.1, 0.15) is 0 Å². The molecule has 0 aliphatic rings. The summed E-state index contributed by atoms with van der Waals surface area (Å²) in [5.41, 5.74) is 1.29. The largest absolute Gasteiger partial charge is 0.493 e. The second-order valence-electron chi connectivity index (χ2n) is 7.71. The van der Waals surface area contributed by atoms with E-state index in [0.29, 0.717) is 30.3 Å².